The summed E-state index contributed by atoms with van der Waals surface area (Å²) in [6.45, 7) is 0. The minimum atomic E-state index is 0.690. The third kappa shape index (κ3) is 5.50. The Kier molecular flexibility index (Phi) is 7.28. The molecule has 6 heteroatoms. The molecule has 0 N–H and O–H groups in total. The van der Waals surface area contributed by atoms with E-state index in [0.29, 0.717) is 5.82 Å². The maximum absolute atomic E-state index is 5.30. The van der Waals surface area contributed by atoms with Crippen LogP contribution in [-0.4, -0.2) is 23.7 Å². The first-order chi connectivity index (χ1) is 27.2. The molecule has 0 aliphatic carbocycles. The van der Waals surface area contributed by atoms with E-state index in [-0.39, 0.29) is 0 Å². The fraction of sp³-hybridized carbons (Fsp3) is 0. The van der Waals surface area contributed by atoms with Gasteiger partial charge in [-0.25, -0.2) is 15.0 Å². The molecule has 0 aliphatic heterocycles. The third-order valence-corrected chi connectivity index (χ3v) is 11.0. The topological polar surface area (TPSA) is 64.5 Å². The molecular weight excluding hydrogens is 691 g/mol. The first-order valence-corrected chi connectivity index (χ1v) is 19.0. The lowest BCUT2D eigenvalue weighted by molar-refractivity contribution is 1.18. The van der Waals surface area contributed by atoms with Crippen molar-refractivity contribution in [2.24, 2.45) is 0 Å². The van der Waals surface area contributed by atoms with Crippen LogP contribution in [0, 0.1) is 0 Å². The number of pyridine rings is 1. The molecule has 0 spiro atoms. The lowest BCUT2D eigenvalue weighted by atomic mass is 9.96. The van der Waals surface area contributed by atoms with Crippen LogP contribution in [-0.2, 0) is 0 Å². The standard InChI is InChI=1S/C49H29N5S/c1-2-11-32(12-3-1)47-41-23-24-42-48(54-55-53-42)46(41)40-22-21-36(28-45(40)50-47)35-15-8-16-37(26-35)43-29-44(38-19-17-30-9-4-6-13-33(30)25-38)52-49(51-43)39-20-18-31-10-5-7-14-34(31)27-39/h1-29H. The second-order valence-electron chi connectivity index (χ2n) is 13.8. The summed E-state index contributed by atoms with van der Waals surface area (Å²) in [7, 11) is 0. The quantitative estimate of drug-likeness (QED) is 0.166. The van der Waals surface area contributed by atoms with E-state index < -0.39 is 0 Å². The van der Waals surface area contributed by atoms with Crippen LogP contribution in [0.5, 0.6) is 0 Å². The first-order valence-electron chi connectivity index (χ1n) is 18.2. The van der Waals surface area contributed by atoms with Gasteiger partial charge in [0.1, 0.15) is 11.0 Å². The summed E-state index contributed by atoms with van der Waals surface area (Å²) >= 11 is 1.25. The van der Waals surface area contributed by atoms with Crippen LogP contribution < -0.4 is 0 Å². The van der Waals surface area contributed by atoms with Gasteiger partial charge in [0.15, 0.2) is 5.82 Å². The van der Waals surface area contributed by atoms with Crippen LogP contribution in [0.25, 0.3) is 111 Å². The number of nitrogens with zero attached hydrogens (tertiary/aromatic N) is 5. The summed E-state index contributed by atoms with van der Waals surface area (Å²) in [5.74, 6) is 0.690. The van der Waals surface area contributed by atoms with Crippen LogP contribution in [0.2, 0.25) is 0 Å². The van der Waals surface area contributed by atoms with Crippen molar-refractivity contribution >= 4 is 66.0 Å². The Bertz CT molecular complexity index is 3180. The van der Waals surface area contributed by atoms with Gasteiger partial charge in [-0.15, -0.1) is 0 Å². The zero-order chi connectivity index (χ0) is 36.3. The fourth-order valence-electron chi connectivity index (χ4n) is 7.74. The van der Waals surface area contributed by atoms with E-state index in [2.05, 4.69) is 168 Å². The van der Waals surface area contributed by atoms with Gasteiger partial charge in [0, 0.05) is 38.4 Å². The number of hydrogen-bond donors (Lipinski definition) is 0. The van der Waals surface area contributed by atoms with Crippen LogP contribution >= 0.6 is 11.7 Å². The van der Waals surface area contributed by atoms with Crippen LogP contribution in [0.3, 0.4) is 0 Å². The lowest BCUT2D eigenvalue weighted by Gasteiger charge is -2.13. The minimum absolute atomic E-state index is 0.690. The second kappa shape index (κ2) is 12.8. The number of fused-ring (bicyclic) bond motifs is 7. The Morgan fingerprint density at radius 2 is 0.945 bits per heavy atom. The van der Waals surface area contributed by atoms with Gasteiger partial charge < -0.3 is 0 Å². The normalized spacial score (nSPS) is 11.6. The predicted molar refractivity (Wildman–Crippen MR) is 228 cm³/mol. The first kappa shape index (κ1) is 31.4. The Morgan fingerprint density at radius 1 is 0.345 bits per heavy atom. The van der Waals surface area contributed by atoms with Crippen molar-refractivity contribution in [3.63, 3.8) is 0 Å². The average Bonchev–Trinajstić information content (AvgIpc) is 3.75. The summed E-state index contributed by atoms with van der Waals surface area (Å²) in [5.41, 5.74) is 11.6. The van der Waals surface area contributed by atoms with E-state index in [1.807, 2.05) is 12.1 Å². The summed E-state index contributed by atoms with van der Waals surface area (Å²) in [4.78, 5) is 15.7. The smallest absolute Gasteiger partial charge is 0.160 e. The Labute approximate surface area is 320 Å². The van der Waals surface area contributed by atoms with Gasteiger partial charge in [-0.1, -0.05) is 133 Å². The van der Waals surface area contributed by atoms with Gasteiger partial charge in [0.2, 0.25) is 0 Å². The lowest BCUT2D eigenvalue weighted by Crippen LogP contribution is -1.96. The van der Waals surface area contributed by atoms with Gasteiger partial charge in [-0.2, -0.15) is 8.75 Å². The molecule has 0 bridgehead atoms. The molecule has 3 aromatic heterocycles. The maximum atomic E-state index is 5.30. The zero-order valence-electron chi connectivity index (χ0n) is 29.4. The SMILES string of the molecule is c1ccc(-c2nc3cc(-c4cccc(-c5cc(-c6ccc7ccccc7c6)nc(-c6ccc7ccccc7c6)n5)c4)ccc3c3c2ccc2nsnc23)cc1. The Balaban J connectivity index is 1.07. The summed E-state index contributed by atoms with van der Waals surface area (Å²) in [6, 6.07) is 61.7. The molecule has 8 aromatic carbocycles. The second-order valence-corrected chi connectivity index (χ2v) is 14.4. The molecule has 0 amide bonds. The molecule has 55 heavy (non-hydrogen) atoms. The molecule has 0 radical (unpaired) electrons. The van der Waals surface area contributed by atoms with E-state index in [1.54, 1.807) is 0 Å². The molecule has 0 atom stereocenters. The Morgan fingerprint density at radius 3 is 1.73 bits per heavy atom. The molecule has 0 fully saturated rings. The van der Waals surface area contributed by atoms with Gasteiger partial charge in [0.05, 0.1) is 34.3 Å². The molecule has 11 aromatic rings. The number of benzene rings is 8. The largest absolute Gasteiger partial charge is 0.247 e. The highest BCUT2D eigenvalue weighted by atomic mass is 32.1. The Hall–Kier alpha value is -7.15. The van der Waals surface area contributed by atoms with Gasteiger partial charge in [-0.05, 0) is 75.1 Å². The molecule has 256 valence electrons. The minimum Gasteiger partial charge on any atom is -0.247 e. The van der Waals surface area contributed by atoms with Crippen LogP contribution in [0.15, 0.2) is 176 Å². The molecular formula is C49H29N5S. The molecule has 0 aliphatic rings. The van der Waals surface area contributed by atoms with Gasteiger partial charge in [0.25, 0.3) is 0 Å². The summed E-state index contributed by atoms with van der Waals surface area (Å²) < 4.78 is 9.29. The number of hydrogen-bond acceptors (Lipinski definition) is 6. The van der Waals surface area contributed by atoms with Crippen molar-refractivity contribution in [3.05, 3.63) is 176 Å². The predicted octanol–water partition coefficient (Wildman–Crippen LogP) is 12.8. The molecule has 0 saturated heterocycles. The monoisotopic (exact) mass is 719 g/mol. The van der Waals surface area contributed by atoms with E-state index in [9.17, 15) is 0 Å². The molecule has 0 unspecified atom stereocenters. The van der Waals surface area contributed by atoms with Crippen molar-refractivity contribution in [2.75, 3.05) is 0 Å². The fourth-order valence-corrected chi connectivity index (χ4v) is 8.28. The summed E-state index contributed by atoms with van der Waals surface area (Å²) in [6.07, 6.45) is 0. The number of rotatable bonds is 5. The highest BCUT2D eigenvalue weighted by Gasteiger charge is 2.17. The number of aromatic nitrogens is 5. The summed E-state index contributed by atoms with van der Waals surface area (Å²) in [5, 5.41) is 7.93. The molecule has 5 nitrogen and oxygen atoms in total. The van der Waals surface area contributed by atoms with Crippen LogP contribution in [0.4, 0.5) is 0 Å². The van der Waals surface area contributed by atoms with E-state index in [0.717, 1.165) is 88.6 Å². The van der Waals surface area contributed by atoms with E-state index >= 15 is 0 Å². The van der Waals surface area contributed by atoms with E-state index in [4.69, 9.17) is 19.3 Å². The van der Waals surface area contributed by atoms with E-state index in [1.165, 1.54) is 27.9 Å². The molecule has 11 rings (SSSR count). The molecule has 3 heterocycles. The van der Waals surface area contributed by atoms with Crippen molar-refractivity contribution in [1.82, 2.24) is 23.7 Å². The molecule has 0 saturated carbocycles. The third-order valence-electron chi connectivity index (χ3n) is 10.5. The van der Waals surface area contributed by atoms with Crippen molar-refractivity contribution < 1.29 is 0 Å². The average molecular weight is 720 g/mol. The zero-order valence-corrected chi connectivity index (χ0v) is 30.2. The highest BCUT2D eigenvalue weighted by molar-refractivity contribution is 7.00. The van der Waals surface area contributed by atoms with Crippen molar-refractivity contribution in [3.8, 4) is 56.3 Å². The van der Waals surface area contributed by atoms with Gasteiger partial charge >= 0.3 is 0 Å². The maximum Gasteiger partial charge on any atom is 0.160 e. The van der Waals surface area contributed by atoms with Gasteiger partial charge in [-0.3, -0.25) is 0 Å². The van der Waals surface area contributed by atoms with Crippen LogP contribution in [0.1, 0.15) is 0 Å². The highest BCUT2D eigenvalue weighted by Crippen LogP contribution is 2.39. The van der Waals surface area contributed by atoms with Crippen molar-refractivity contribution in [2.45, 2.75) is 0 Å². The van der Waals surface area contributed by atoms with Crippen molar-refractivity contribution in [1.29, 1.82) is 0 Å².